The monoisotopic (exact) mass is 400 g/mol. The zero-order valence-electron chi connectivity index (χ0n) is 14.5. The number of ether oxygens (including phenoxy) is 1. The van der Waals surface area contributed by atoms with Crippen LogP contribution in [0.3, 0.4) is 0 Å². The molecule has 0 bridgehead atoms. The molecule has 0 saturated carbocycles. The maximum atomic E-state index is 12.5. The van der Waals surface area contributed by atoms with Crippen LogP contribution < -0.4 is 10.6 Å². The van der Waals surface area contributed by atoms with Crippen molar-refractivity contribution in [2.45, 2.75) is 24.9 Å². The van der Waals surface area contributed by atoms with E-state index in [-0.39, 0.29) is 18.3 Å². The number of carbonyl (C=O) groups is 1. The van der Waals surface area contributed by atoms with Gasteiger partial charge in [0.05, 0.1) is 0 Å². The van der Waals surface area contributed by atoms with Crippen molar-refractivity contribution in [2.24, 2.45) is 0 Å². The molecule has 0 radical (unpaired) electrons. The standard InChI is InChI=1S/C17H21ClN4O3.ClH/c1-24-17(6-9-19-10-7-17)16(23)20-8-5-14-21-15(22-25-14)12-3-2-4-13(18)11-12;/h2-4,11,19H,5-10H2,1H3,(H,20,23);1H. The highest BCUT2D eigenvalue weighted by Crippen LogP contribution is 2.23. The Morgan fingerprint density at radius 1 is 1.42 bits per heavy atom. The van der Waals surface area contributed by atoms with E-state index in [1.165, 1.54) is 0 Å². The summed E-state index contributed by atoms with van der Waals surface area (Å²) in [4.78, 5) is 16.8. The first kappa shape index (κ1) is 20.6. The quantitative estimate of drug-likeness (QED) is 0.772. The summed E-state index contributed by atoms with van der Waals surface area (Å²) in [6, 6.07) is 7.25. The largest absolute Gasteiger partial charge is 0.368 e. The van der Waals surface area contributed by atoms with Crippen molar-refractivity contribution in [1.29, 1.82) is 0 Å². The molecule has 0 atom stereocenters. The molecule has 2 aromatic rings. The van der Waals surface area contributed by atoms with Gasteiger partial charge in [0.25, 0.3) is 5.91 Å². The Hall–Kier alpha value is -1.67. The highest BCUT2D eigenvalue weighted by atomic mass is 35.5. The fourth-order valence-electron chi connectivity index (χ4n) is 2.90. The predicted octanol–water partition coefficient (Wildman–Crippen LogP) is 2.24. The number of nitrogens with zero attached hydrogens (tertiary/aromatic N) is 2. The van der Waals surface area contributed by atoms with Crippen molar-refractivity contribution in [3.8, 4) is 11.4 Å². The number of methoxy groups -OCH3 is 1. The molecule has 26 heavy (non-hydrogen) atoms. The number of hydrogen-bond donors (Lipinski definition) is 2. The lowest BCUT2D eigenvalue weighted by Gasteiger charge is -2.34. The van der Waals surface area contributed by atoms with Gasteiger partial charge in [0.15, 0.2) is 0 Å². The average Bonchev–Trinajstić information content (AvgIpc) is 3.11. The topological polar surface area (TPSA) is 89.3 Å². The highest BCUT2D eigenvalue weighted by Gasteiger charge is 2.39. The van der Waals surface area contributed by atoms with Gasteiger partial charge in [-0.25, -0.2) is 0 Å². The van der Waals surface area contributed by atoms with Gasteiger partial charge in [-0.2, -0.15) is 4.98 Å². The SMILES string of the molecule is COC1(C(=O)NCCc2nc(-c3cccc(Cl)c3)no2)CCNCC1.Cl. The van der Waals surface area contributed by atoms with Crippen molar-refractivity contribution < 1.29 is 14.1 Å². The second kappa shape index (κ2) is 9.32. The summed E-state index contributed by atoms with van der Waals surface area (Å²) < 4.78 is 10.7. The molecule has 1 aliphatic heterocycles. The van der Waals surface area contributed by atoms with Crippen molar-refractivity contribution in [1.82, 2.24) is 20.8 Å². The van der Waals surface area contributed by atoms with Crippen LogP contribution in [0.1, 0.15) is 18.7 Å². The van der Waals surface area contributed by atoms with Gasteiger partial charge < -0.3 is 19.9 Å². The smallest absolute Gasteiger partial charge is 0.252 e. The third kappa shape index (κ3) is 4.73. The number of benzene rings is 1. The third-order valence-electron chi connectivity index (χ3n) is 4.39. The van der Waals surface area contributed by atoms with Crippen LogP contribution in [0.5, 0.6) is 0 Å². The number of hydrogen-bond acceptors (Lipinski definition) is 6. The van der Waals surface area contributed by atoms with E-state index in [9.17, 15) is 4.79 Å². The van der Waals surface area contributed by atoms with Crippen molar-refractivity contribution in [3.05, 3.63) is 35.2 Å². The minimum Gasteiger partial charge on any atom is -0.368 e. The summed E-state index contributed by atoms with van der Waals surface area (Å²) >= 11 is 5.97. The van der Waals surface area contributed by atoms with Crippen LogP contribution >= 0.6 is 24.0 Å². The molecule has 7 nitrogen and oxygen atoms in total. The average molecular weight is 401 g/mol. The Kier molecular flexibility index (Phi) is 7.40. The zero-order chi connectivity index (χ0) is 17.7. The first-order valence-corrected chi connectivity index (χ1v) is 8.63. The Labute approximate surface area is 163 Å². The second-order valence-corrected chi connectivity index (χ2v) is 6.41. The molecule has 2 heterocycles. The Morgan fingerprint density at radius 2 is 2.19 bits per heavy atom. The number of rotatable bonds is 6. The molecule has 1 aliphatic rings. The van der Waals surface area contributed by atoms with E-state index >= 15 is 0 Å². The number of aromatic nitrogens is 2. The highest BCUT2D eigenvalue weighted by molar-refractivity contribution is 6.30. The van der Waals surface area contributed by atoms with E-state index in [0.717, 1.165) is 18.7 Å². The Bertz CT molecular complexity index is 732. The van der Waals surface area contributed by atoms with Gasteiger partial charge in [-0.1, -0.05) is 28.9 Å². The first-order valence-electron chi connectivity index (χ1n) is 8.26. The molecule has 1 fully saturated rings. The molecule has 1 aromatic heterocycles. The van der Waals surface area contributed by atoms with Gasteiger partial charge in [-0.15, -0.1) is 12.4 Å². The number of halogens is 2. The molecule has 142 valence electrons. The maximum Gasteiger partial charge on any atom is 0.252 e. The number of amides is 1. The van der Waals surface area contributed by atoms with Crippen molar-refractivity contribution >= 4 is 29.9 Å². The van der Waals surface area contributed by atoms with E-state index < -0.39 is 5.60 Å². The zero-order valence-corrected chi connectivity index (χ0v) is 16.0. The number of piperidine rings is 1. The Balaban J connectivity index is 0.00000243. The van der Waals surface area contributed by atoms with Crippen molar-refractivity contribution in [2.75, 3.05) is 26.7 Å². The molecule has 0 aliphatic carbocycles. The summed E-state index contributed by atoms with van der Waals surface area (Å²) in [5.41, 5.74) is 0.0473. The third-order valence-corrected chi connectivity index (χ3v) is 4.63. The van der Waals surface area contributed by atoms with Gasteiger partial charge in [-0.3, -0.25) is 4.79 Å². The summed E-state index contributed by atoms with van der Waals surface area (Å²) in [6.07, 6.45) is 1.78. The van der Waals surface area contributed by atoms with E-state index in [1.54, 1.807) is 19.2 Å². The minimum atomic E-state index is -0.744. The van der Waals surface area contributed by atoms with E-state index in [0.29, 0.717) is 42.5 Å². The van der Waals surface area contributed by atoms with Crippen LogP contribution in [0.25, 0.3) is 11.4 Å². The molecule has 1 saturated heterocycles. The van der Waals surface area contributed by atoms with E-state index in [1.807, 2.05) is 12.1 Å². The molecule has 3 rings (SSSR count). The van der Waals surface area contributed by atoms with Gasteiger partial charge in [0.2, 0.25) is 11.7 Å². The summed E-state index contributed by atoms with van der Waals surface area (Å²) in [5.74, 6) is 0.855. The second-order valence-electron chi connectivity index (χ2n) is 5.98. The molecule has 1 aromatic carbocycles. The minimum absolute atomic E-state index is 0. The lowest BCUT2D eigenvalue weighted by molar-refractivity contribution is -0.146. The van der Waals surface area contributed by atoms with Gasteiger partial charge in [-0.05, 0) is 38.1 Å². The molecule has 1 amide bonds. The molecule has 2 N–H and O–H groups in total. The summed E-state index contributed by atoms with van der Waals surface area (Å²) in [7, 11) is 1.58. The fraction of sp³-hybridized carbons (Fsp3) is 0.471. The molecular weight excluding hydrogens is 379 g/mol. The number of carbonyl (C=O) groups excluding carboxylic acids is 1. The summed E-state index contributed by atoms with van der Waals surface area (Å²) in [5, 5.41) is 10.7. The number of nitrogens with one attached hydrogen (secondary N) is 2. The van der Waals surface area contributed by atoms with Crippen molar-refractivity contribution in [3.63, 3.8) is 0 Å². The van der Waals surface area contributed by atoms with Crippen LogP contribution in [0.15, 0.2) is 28.8 Å². The summed E-state index contributed by atoms with van der Waals surface area (Å²) in [6.45, 7) is 1.95. The normalized spacial score (nSPS) is 15.9. The molecule has 0 unspecified atom stereocenters. The van der Waals surface area contributed by atoms with Gasteiger partial charge >= 0.3 is 0 Å². The van der Waals surface area contributed by atoms with Gasteiger partial charge in [0, 0.05) is 30.7 Å². The predicted molar refractivity (Wildman–Crippen MR) is 101 cm³/mol. The van der Waals surface area contributed by atoms with Crippen LogP contribution in [0, 0.1) is 0 Å². The van der Waals surface area contributed by atoms with Gasteiger partial charge in [0.1, 0.15) is 5.60 Å². The van der Waals surface area contributed by atoms with Crippen LogP contribution in [0.2, 0.25) is 5.02 Å². The molecule has 0 spiro atoms. The lowest BCUT2D eigenvalue weighted by Crippen LogP contribution is -2.54. The van der Waals surface area contributed by atoms with E-state index in [2.05, 4.69) is 20.8 Å². The van der Waals surface area contributed by atoms with E-state index in [4.69, 9.17) is 20.9 Å². The van der Waals surface area contributed by atoms with Crippen LogP contribution in [-0.2, 0) is 16.0 Å². The fourth-order valence-corrected chi connectivity index (χ4v) is 3.09. The molecule has 9 heteroatoms. The molecular formula is C17H22Cl2N4O3. The Morgan fingerprint density at radius 3 is 2.88 bits per heavy atom. The lowest BCUT2D eigenvalue weighted by atomic mass is 9.91. The van der Waals surface area contributed by atoms with Crippen LogP contribution in [-0.4, -0.2) is 48.4 Å². The maximum absolute atomic E-state index is 12.5. The first-order chi connectivity index (χ1) is 12.1. The van der Waals surface area contributed by atoms with Crippen LogP contribution in [0.4, 0.5) is 0 Å².